The van der Waals surface area contributed by atoms with Gasteiger partial charge in [-0.05, 0) is 24.7 Å². The van der Waals surface area contributed by atoms with Crippen LogP contribution in [0.4, 0.5) is 11.4 Å². The van der Waals surface area contributed by atoms with Gasteiger partial charge in [0.1, 0.15) is 5.69 Å². The molecule has 0 fully saturated rings. The number of nitrogens with one attached hydrogen (secondary N) is 2. The number of nitro groups is 1. The van der Waals surface area contributed by atoms with E-state index in [1.165, 1.54) is 11.0 Å². The number of likely N-dealkylation sites (N-methyl/N-ethyl adjacent to an activating group) is 2. The Labute approximate surface area is 146 Å². The summed E-state index contributed by atoms with van der Waals surface area (Å²) in [7, 11) is 3.48. The number of nitro benzene ring substituents is 1. The van der Waals surface area contributed by atoms with E-state index in [0.717, 1.165) is 5.56 Å². The molecule has 2 N–H and O–H groups in total. The Morgan fingerprint density at radius 2 is 1.92 bits per heavy atom. The van der Waals surface area contributed by atoms with Gasteiger partial charge < -0.3 is 15.5 Å². The molecular weight excluding hydrogens is 320 g/mol. The van der Waals surface area contributed by atoms with Crippen LogP contribution in [0.25, 0.3) is 0 Å². The minimum Gasteiger partial charge on any atom is -0.375 e. The lowest BCUT2D eigenvalue weighted by atomic mass is 10.1. The van der Waals surface area contributed by atoms with Crippen LogP contribution >= 0.6 is 0 Å². The van der Waals surface area contributed by atoms with Gasteiger partial charge in [0, 0.05) is 38.3 Å². The van der Waals surface area contributed by atoms with Gasteiger partial charge >= 0.3 is 0 Å². The molecule has 0 unspecified atom stereocenters. The van der Waals surface area contributed by atoms with Crippen molar-refractivity contribution in [2.45, 2.75) is 6.54 Å². The molecule has 0 bridgehead atoms. The first kappa shape index (κ1) is 18.4. The van der Waals surface area contributed by atoms with Crippen LogP contribution in [0, 0.1) is 10.1 Å². The molecule has 7 heteroatoms. The third-order valence-corrected chi connectivity index (χ3v) is 3.81. The molecule has 0 spiro atoms. The van der Waals surface area contributed by atoms with Crippen LogP contribution in [0.15, 0.2) is 48.5 Å². The third kappa shape index (κ3) is 5.02. The summed E-state index contributed by atoms with van der Waals surface area (Å²) in [6.45, 7) is 1.65. The lowest BCUT2D eigenvalue weighted by Crippen LogP contribution is -2.32. The van der Waals surface area contributed by atoms with E-state index in [9.17, 15) is 14.9 Å². The molecule has 25 heavy (non-hydrogen) atoms. The second-order valence-corrected chi connectivity index (χ2v) is 5.66. The quantitative estimate of drug-likeness (QED) is 0.568. The summed E-state index contributed by atoms with van der Waals surface area (Å²) >= 11 is 0. The maximum atomic E-state index is 12.4. The summed E-state index contributed by atoms with van der Waals surface area (Å²) in [6.07, 6.45) is 0. The average molecular weight is 342 g/mol. The Bertz CT molecular complexity index is 734. The summed E-state index contributed by atoms with van der Waals surface area (Å²) in [5.74, 6) is -0.243. The van der Waals surface area contributed by atoms with Crippen molar-refractivity contribution < 1.29 is 9.72 Å². The van der Waals surface area contributed by atoms with Gasteiger partial charge in [-0.1, -0.05) is 30.3 Å². The number of benzene rings is 2. The number of hydrogen-bond donors (Lipinski definition) is 2. The molecule has 2 aromatic rings. The molecule has 0 aromatic heterocycles. The van der Waals surface area contributed by atoms with Gasteiger partial charge in [0.25, 0.3) is 11.6 Å². The largest absolute Gasteiger partial charge is 0.375 e. The highest BCUT2D eigenvalue weighted by atomic mass is 16.6. The lowest BCUT2D eigenvalue weighted by Gasteiger charge is -2.17. The molecule has 7 nitrogen and oxygen atoms in total. The van der Waals surface area contributed by atoms with Gasteiger partial charge in [-0.2, -0.15) is 0 Å². The summed E-state index contributed by atoms with van der Waals surface area (Å²) < 4.78 is 0. The highest BCUT2D eigenvalue weighted by Crippen LogP contribution is 2.26. The number of nitrogens with zero attached hydrogens (tertiary/aromatic N) is 2. The first-order valence-electron chi connectivity index (χ1n) is 7.99. The number of rotatable bonds is 8. The molecule has 0 saturated carbocycles. The zero-order valence-corrected chi connectivity index (χ0v) is 14.4. The molecule has 0 radical (unpaired) electrons. The van der Waals surface area contributed by atoms with Crippen LogP contribution in [0.5, 0.6) is 0 Å². The number of carbonyl (C=O) groups is 1. The predicted octanol–water partition coefficient (Wildman–Crippen LogP) is 2.50. The molecule has 0 heterocycles. The minimum atomic E-state index is -0.474. The first-order chi connectivity index (χ1) is 12.0. The maximum Gasteiger partial charge on any atom is 0.293 e. The fraction of sp³-hybridized carbons (Fsp3) is 0.278. The SMILES string of the molecule is CNCCN(C)C(=O)c1ccc(NCc2ccccc2)c([N+](=O)[O-])c1. The van der Waals surface area contributed by atoms with Gasteiger partial charge in [0.15, 0.2) is 0 Å². The zero-order chi connectivity index (χ0) is 18.2. The number of amides is 1. The van der Waals surface area contributed by atoms with E-state index < -0.39 is 4.92 Å². The maximum absolute atomic E-state index is 12.4. The van der Waals surface area contributed by atoms with Crippen molar-refractivity contribution in [1.82, 2.24) is 10.2 Å². The van der Waals surface area contributed by atoms with Crippen LogP contribution in [0.2, 0.25) is 0 Å². The van der Waals surface area contributed by atoms with E-state index in [-0.39, 0.29) is 11.6 Å². The Kier molecular flexibility index (Phi) is 6.47. The summed E-state index contributed by atoms with van der Waals surface area (Å²) in [4.78, 5) is 24.8. The van der Waals surface area contributed by atoms with Crippen LogP contribution in [-0.4, -0.2) is 42.9 Å². The monoisotopic (exact) mass is 342 g/mol. The number of anilines is 1. The third-order valence-electron chi connectivity index (χ3n) is 3.81. The Hall–Kier alpha value is -2.93. The van der Waals surface area contributed by atoms with Crippen molar-refractivity contribution in [2.24, 2.45) is 0 Å². The molecule has 0 aliphatic rings. The summed E-state index contributed by atoms with van der Waals surface area (Å²) in [6, 6.07) is 14.1. The lowest BCUT2D eigenvalue weighted by molar-refractivity contribution is -0.384. The van der Waals surface area contributed by atoms with Crippen molar-refractivity contribution >= 4 is 17.3 Å². The van der Waals surface area contributed by atoms with Crippen LogP contribution in [0.1, 0.15) is 15.9 Å². The second-order valence-electron chi connectivity index (χ2n) is 5.66. The van der Waals surface area contributed by atoms with Gasteiger partial charge in [-0.15, -0.1) is 0 Å². The van der Waals surface area contributed by atoms with Crippen molar-refractivity contribution in [2.75, 3.05) is 32.5 Å². The van der Waals surface area contributed by atoms with Crippen LogP contribution in [-0.2, 0) is 6.54 Å². The molecule has 0 aliphatic heterocycles. The highest BCUT2D eigenvalue weighted by molar-refractivity contribution is 5.95. The van der Waals surface area contributed by atoms with E-state index in [1.54, 1.807) is 26.2 Å². The van der Waals surface area contributed by atoms with Gasteiger partial charge in [-0.25, -0.2) is 0 Å². The molecule has 0 aliphatic carbocycles. The molecule has 1 amide bonds. The Morgan fingerprint density at radius 3 is 2.56 bits per heavy atom. The van der Waals surface area contributed by atoms with E-state index in [4.69, 9.17) is 0 Å². The van der Waals surface area contributed by atoms with Crippen molar-refractivity contribution in [1.29, 1.82) is 0 Å². The molecule has 2 aromatic carbocycles. The van der Waals surface area contributed by atoms with Crippen LogP contribution < -0.4 is 10.6 Å². The topological polar surface area (TPSA) is 87.5 Å². The number of carbonyl (C=O) groups excluding carboxylic acids is 1. The van der Waals surface area contributed by atoms with Crippen molar-refractivity contribution in [3.63, 3.8) is 0 Å². The smallest absolute Gasteiger partial charge is 0.293 e. The molecule has 0 atom stereocenters. The fourth-order valence-electron chi connectivity index (χ4n) is 2.36. The first-order valence-corrected chi connectivity index (χ1v) is 7.99. The van der Waals surface area contributed by atoms with Crippen LogP contribution in [0.3, 0.4) is 0 Å². The van der Waals surface area contributed by atoms with E-state index in [1.807, 2.05) is 30.3 Å². The molecule has 0 saturated heterocycles. The Balaban J connectivity index is 2.16. The summed E-state index contributed by atoms with van der Waals surface area (Å²) in [5.41, 5.74) is 1.60. The van der Waals surface area contributed by atoms with Gasteiger partial charge in [0.05, 0.1) is 4.92 Å². The van der Waals surface area contributed by atoms with Gasteiger partial charge in [0.2, 0.25) is 0 Å². The average Bonchev–Trinajstić information content (AvgIpc) is 2.64. The van der Waals surface area contributed by atoms with Gasteiger partial charge in [-0.3, -0.25) is 14.9 Å². The normalized spacial score (nSPS) is 10.3. The molecule has 2 rings (SSSR count). The van der Waals surface area contributed by atoms with E-state index >= 15 is 0 Å². The predicted molar refractivity (Wildman–Crippen MR) is 97.8 cm³/mol. The second kappa shape index (κ2) is 8.79. The van der Waals surface area contributed by atoms with Crippen molar-refractivity contribution in [3.05, 3.63) is 69.8 Å². The standard InChI is InChI=1S/C18H22N4O3/c1-19-10-11-21(2)18(23)15-8-9-16(17(12-15)22(24)25)20-13-14-6-4-3-5-7-14/h3-9,12,19-20H,10-11,13H2,1-2H3. The zero-order valence-electron chi connectivity index (χ0n) is 14.4. The molecule has 132 valence electrons. The number of hydrogen-bond acceptors (Lipinski definition) is 5. The van der Waals surface area contributed by atoms with Crippen molar-refractivity contribution in [3.8, 4) is 0 Å². The Morgan fingerprint density at radius 1 is 1.20 bits per heavy atom. The minimum absolute atomic E-state index is 0.108. The van der Waals surface area contributed by atoms with E-state index in [0.29, 0.717) is 30.9 Å². The van der Waals surface area contributed by atoms with E-state index in [2.05, 4.69) is 10.6 Å². The summed E-state index contributed by atoms with van der Waals surface area (Å²) in [5, 5.41) is 17.4. The molecular formula is C18H22N4O3. The highest BCUT2D eigenvalue weighted by Gasteiger charge is 2.19. The fourth-order valence-corrected chi connectivity index (χ4v) is 2.36.